The van der Waals surface area contributed by atoms with Crippen molar-refractivity contribution >= 4 is 22.1 Å². The van der Waals surface area contributed by atoms with Crippen LogP contribution in [0.4, 0.5) is 0 Å². The number of nitrogens with zero attached hydrogens (tertiary/aromatic N) is 4. The van der Waals surface area contributed by atoms with Crippen LogP contribution >= 0.6 is 0 Å². The average Bonchev–Trinajstić information content (AvgIpc) is 3.39. The van der Waals surface area contributed by atoms with E-state index in [0.717, 1.165) is 79.6 Å². The molecule has 1 saturated carbocycles. The summed E-state index contributed by atoms with van der Waals surface area (Å²) in [6, 6.07) is 5.00. The van der Waals surface area contributed by atoms with Gasteiger partial charge in [-0.25, -0.2) is 9.97 Å². The van der Waals surface area contributed by atoms with Gasteiger partial charge >= 0.3 is 0 Å². The van der Waals surface area contributed by atoms with Crippen molar-refractivity contribution < 1.29 is 9.84 Å². The molecule has 5 rings (SSSR count). The van der Waals surface area contributed by atoms with Crippen LogP contribution in [0.5, 0.6) is 0 Å². The van der Waals surface area contributed by atoms with Crippen molar-refractivity contribution in [3.8, 4) is 6.07 Å². The van der Waals surface area contributed by atoms with E-state index in [4.69, 9.17) is 15.0 Å². The Morgan fingerprint density at radius 1 is 1.26 bits per heavy atom. The summed E-state index contributed by atoms with van der Waals surface area (Å²) in [6.45, 7) is 1.48. The molecule has 0 aromatic carbocycles. The number of nitriles is 1. The molecule has 1 unspecified atom stereocenters. The normalized spacial score (nSPS) is 23.9. The number of ether oxygens (including phenoxy) is 1. The Labute approximate surface area is 181 Å². The topological polar surface area (TPSA) is 112 Å². The van der Waals surface area contributed by atoms with Crippen molar-refractivity contribution in [2.24, 2.45) is 5.92 Å². The molecule has 3 aromatic rings. The first-order valence-electron chi connectivity index (χ1n) is 11.4. The van der Waals surface area contributed by atoms with Crippen molar-refractivity contribution in [2.45, 2.75) is 69.7 Å². The van der Waals surface area contributed by atoms with Crippen molar-refractivity contribution in [1.82, 2.24) is 24.8 Å². The Bertz CT molecular complexity index is 1070. The lowest BCUT2D eigenvalue weighted by molar-refractivity contribution is 0.0487. The van der Waals surface area contributed by atoms with Crippen LogP contribution in [0, 0.1) is 17.2 Å². The first-order valence-corrected chi connectivity index (χ1v) is 11.4. The molecule has 8 heteroatoms. The monoisotopic (exact) mass is 422 g/mol. The summed E-state index contributed by atoms with van der Waals surface area (Å²) in [5, 5.41) is 24.3. The Morgan fingerprint density at radius 2 is 2.06 bits per heavy atom. The summed E-state index contributed by atoms with van der Waals surface area (Å²) >= 11 is 0. The van der Waals surface area contributed by atoms with Gasteiger partial charge in [0, 0.05) is 49.7 Å². The molecule has 3 N–H and O–H groups in total. The predicted octanol–water partition coefficient (Wildman–Crippen LogP) is 3.19. The lowest BCUT2D eigenvalue weighted by Crippen LogP contribution is -2.43. The number of pyridine rings is 1. The van der Waals surface area contributed by atoms with Crippen molar-refractivity contribution in [3.63, 3.8) is 0 Å². The molecule has 31 heavy (non-hydrogen) atoms. The molecule has 0 spiro atoms. The Kier molecular flexibility index (Phi) is 5.90. The van der Waals surface area contributed by atoms with Gasteiger partial charge in [0.1, 0.15) is 23.2 Å². The van der Waals surface area contributed by atoms with E-state index in [1.54, 1.807) is 0 Å². The molecular weight excluding hydrogens is 392 g/mol. The van der Waals surface area contributed by atoms with Crippen LogP contribution in [-0.2, 0) is 11.2 Å². The minimum absolute atomic E-state index is 0.279. The van der Waals surface area contributed by atoms with Gasteiger partial charge in [-0.2, -0.15) is 5.26 Å². The van der Waals surface area contributed by atoms with Gasteiger partial charge in [-0.1, -0.05) is 0 Å². The van der Waals surface area contributed by atoms with Crippen LogP contribution < -0.4 is 5.32 Å². The van der Waals surface area contributed by atoms with E-state index in [1.165, 1.54) is 0 Å². The highest BCUT2D eigenvalue weighted by atomic mass is 16.5. The second kappa shape index (κ2) is 8.95. The fraction of sp³-hybridized carbons (Fsp3) is 0.609. The molecule has 0 bridgehead atoms. The molecule has 2 fully saturated rings. The van der Waals surface area contributed by atoms with Gasteiger partial charge in [0.15, 0.2) is 0 Å². The van der Waals surface area contributed by atoms with E-state index in [2.05, 4.69) is 32.0 Å². The van der Waals surface area contributed by atoms with E-state index in [0.29, 0.717) is 24.8 Å². The zero-order valence-electron chi connectivity index (χ0n) is 17.8. The molecule has 1 aliphatic carbocycles. The number of nitrogens with one attached hydrogen (secondary N) is 2. The third-order valence-electron chi connectivity index (χ3n) is 6.89. The van der Waals surface area contributed by atoms with Crippen LogP contribution in [-0.4, -0.2) is 50.1 Å². The number of aliphatic hydroxyl groups excluding tert-OH is 1. The third kappa shape index (κ3) is 4.18. The van der Waals surface area contributed by atoms with E-state index in [-0.39, 0.29) is 6.04 Å². The number of H-pyrrole nitrogens is 1. The molecule has 8 nitrogen and oxygen atoms in total. The highest BCUT2D eigenvalue weighted by molar-refractivity contribution is 6.01. The summed E-state index contributed by atoms with van der Waals surface area (Å²) < 4.78 is 7.78. The smallest absolute Gasteiger partial charge is 0.139 e. The predicted molar refractivity (Wildman–Crippen MR) is 117 cm³/mol. The third-order valence-corrected chi connectivity index (χ3v) is 6.89. The van der Waals surface area contributed by atoms with Crippen LogP contribution in [0.1, 0.15) is 56.8 Å². The molecule has 3 aromatic heterocycles. The van der Waals surface area contributed by atoms with E-state index >= 15 is 0 Å². The summed E-state index contributed by atoms with van der Waals surface area (Å²) in [4.78, 5) is 12.6. The number of aromatic amines is 1. The Balaban J connectivity index is 1.45. The Hall–Kier alpha value is -2.47. The first-order chi connectivity index (χ1) is 15.2. The number of hydrogen-bond donors (Lipinski definition) is 3. The first kappa shape index (κ1) is 20.4. The van der Waals surface area contributed by atoms with Crippen LogP contribution in [0.2, 0.25) is 0 Å². The van der Waals surface area contributed by atoms with E-state index in [9.17, 15) is 5.11 Å². The highest BCUT2D eigenvalue weighted by Crippen LogP contribution is 2.38. The van der Waals surface area contributed by atoms with Crippen LogP contribution in [0.25, 0.3) is 22.1 Å². The molecule has 4 heterocycles. The van der Waals surface area contributed by atoms with Crippen LogP contribution in [0.3, 0.4) is 0 Å². The number of aliphatic hydroxyl groups is 1. The van der Waals surface area contributed by atoms with E-state index in [1.807, 2.05) is 12.4 Å². The summed E-state index contributed by atoms with van der Waals surface area (Å²) in [5.74, 6) is 1.40. The molecule has 1 saturated heterocycles. The summed E-state index contributed by atoms with van der Waals surface area (Å²) in [7, 11) is 0. The number of rotatable bonds is 6. The van der Waals surface area contributed by atoms with Gasteiger partial charge in [-0.3, -0.25) is 5.32 Å². The quantitative estimate of drug-likeness (QED) is 0.526. The summed E-state index contributed by atoms with van der Waals surface area (Å²) in [5.41, 5.74) is 2.84. The SMILES string of the molecule is N#CC[C@H]1CC[C@H](n2c(CC(O)NC3CCOCC3)nc3cnc4[nH]ccc4c32)CC1. The molecule has 0 radical (unpaired) electrons. The maximum Gasteiger partial charge on any atom is 0.139 e. The van der Waals surface area contributed by atoms with Gasteiger partial charge in [0.05, 0.1) is 17.8 Å². The fourth-order valence-electron chi connectivity index (χ4n) is 5.28. The average molecular weight is 423 g/mol. The zero-order chi connectivity index (χ0) is 21.2. The maximum atomic E-state index is 10.8. The van der Waals surface area contributed by atoms with Gasteiger partial charge in [0.25, 0.3) is 0 Å². The second-order valence-electron chi connectivity index (χ2n) is 8.94. The minimum Gasteiger partial charge on any atom is -0.381 e. The number of aromatic nitrogens is 4. The van der Waals surface area contributed by atoms with Crippen molar-refractivity contribution in [1.29, 1.82) is 5.26 Å². The molecule has 1 atom stereocenters. The Morgan fingerprint density at radius 3 is 2.84 bits per heavy atom. The minimum atomic E-state index is -0.650. The molecule has 164 valence electrons. The van der Waals surface area contributed by atoms with Crippen LogP contribution in [0.15, 0.2) is 18.5 Å². The molecule has 1 aliphatic heterocycles. The summed E-state index contributed by atoms with van der Waals surface area (Å²) in [6.07, 6.45) is 10.2. The molecule has 0 amide bonds. The van der Waals surface area contributed by atoms with Gasteiger partial charge in [-0.05, 0) is 50.5 Å². The van der Waals surface area contributed by atoms with Gasteiger partial charge in [-0.15, -0.1) is 0 Å². The van der Waals surface area contributed by atoms with Crippen molar-refractivity contribution in [3.05, 3.63) is 24.3 Å². The highest BCUT2D eigenvalue weighted by Gasteiger charge is 2.28. The van der Waals surface area contributed by atoms with Gasteiger partial charge in [0.2, 0.25) is 0 Å². The fourth-order valence-corrected chi connectivity index (χ4v) is 5.28. The van der Waals surface area contributed by atoms with E-state index < -0.39 is 6.23 Å². The van der Waals surface area contributed by atoms with Crippen molar-refractivity contribution in [2.75, 3.05) is 13.2 Å². The zero-order valence-corrected chi connectivity index (χ0v) is 17.8. The maximum absolute atomic E-state index is 10.8. The largest absolute Gasteiger partial charge is 0.381 e. The lowest BCUT2D eigenvalue weighted by Gasteiger charge is -2.30. The number of imidazole rings is 1. The number of hydrogen-bond acceptors (Lipinski definition) is 6. The number of fused-ring (bicyclic) bond motifs is 3. The lowest BCUT2D eigenvalue weighted by atomic mass is 9.84. The standard InChI is InChI=1S/C23H30N6O2/c24-9-5-15-1-3-17(4-2-15)29-20(13-21(30)27-16-7-11-31-12-8-16)28-19-14-26-23-18(22(19)29)6-10-25-23/h6,10,14-17,21,27,30H,1-5,7-8,11-13H2,(H,25,26)/t15-,17-,21?. The molecular formula is C23H30N6O2. The van der Waals surface area contributed by atoms with Gasteiger partial charge < -0.3 is 19.4 Å². The molecule has 2 aliphatic rings. The second-order valence-corrected chi connectivity index (χ2v) is 8.94.